The topological polar surface area (TPSA) is 118 Å². The smallest absolute Gasteiger partial charge is 0.256 e. The maximum Gasteiger partial charge on any atom is 0.256 e. The first-order chi connectivity index (χ1) is 8.88. The van der Waals surface area contributed by atoms with Crippen LogP contribution in [0.4, 0.5) is 11.5 Å². The summed E-state index contributed by atoms with van der Waals surface area (Å²) >= 11 is 0. The second kappa shape index (κ2) is 4.73. The number of nitrogen functional groups attached to an aromatic ring is 1. The summed E-state index contributed by atoms with van der Waals surface area (Å²) in [7, 11) is -3.27. The molecular weight excluding hydrogens is 268 g/mol. The number of amides is 1. The number of hydrogen-bond donors (Lipinski definition) is 3. The van der Waals surface area contributed by atoms with Crippen LogP contribution in [0.5, 0.6) is 0 Å². The molecule has 0 saturated heterocycles. The van der Waals surface area contributed by atoms with Crippen molar-refractivity contribution in [1.82, 2.24) is 10.2 Å². The predicted octanol–water partition coefficient (Wildman–Crippen LogP) is 0.648. The highest BCUT2D eigenvalue weighted by Crippen LogP contribution is 2.15. The Morgan fingerprint density at radius 3 is 2.42 bits per heavy atom. The number of carbonyl (C=O) groups is 1. The Balaban J connectivity index is 2.19. The predicted molar refractivity (Wildman–Crippen MR) is 70.5 cm³/mol. The summed E-state index contributed by atoms with van der Waals surface area (Å²) in [5, 5.41) is 8.74. The molecule has 0 spiro atoms. The van der Waals surface area contributed by atoms with Gasteiger partial charge in [-0.3, -0.25) is 9.89 Å². The summed E-state index contributed by atoms with van der Waals surface area (Å²) < 4.78 is 22.6. The molecule has 8 heteroatoms. The first kappa shape index (κ1) is 13.1. The van der Waals surface area contributed by atoms with Crippen LogP contribution in [0, 0.1) is 0 Å². The lowest BCUT2D eigenvalue weighted by molar-refractivity contribution is 0.102. The second-order valence-corrected chi connectivity index (χ2v) is 5.97. The fourth-order valence-corrected chi connectivity index (χ4v) is 2.07. The van der Waals surface area contributed by atoms with Crippen molar-refractivity contribution in [3.05, 3.63) is 36.0 Å². The lowest BCUT2D eigenvalue weighted by atomic mass is 10.2. The van der Waals surface area contributed by atoms with E-state index < -0.39 is 15.7 Å². The maximum atomic E-state index is 11.9. The molecule has 0 atom stereocenters. The minimum Gasteiger partial charge on any atom is -0.394 e. The largest absolute Gasteiger partial charge is 0.394 e. The van der Waals surface area contributed by atoms with E-state index in [4.69, 9.17) is 5.73 Å². The van der Waals surface area contributed by atoms with Crippen molar-refractivity contribution in [2.24, 2.45) is 0 Å². The number of benzene rings is 1. The Morgan fingerprint density at radius 1 is 1.32 bits per heavy atom. The molecule has 0 aliphatic heterocycles. The van der Waals surface area contributed by atoms with Gasteiger partial charge in [0.05, 0.1) is 16.8 Å². The average molecular weight is 280 g/mol. The SMILES string of the molecule is CS(=O)(=O)c1ccc(C(=O)Nc2[nH]ncc2N)cc1. The normalized spacial score (nSPS) is 11.2. The molecule has 1 aromatic carbocycles. The summed E-state index contributed by atoms with van der Waals surface area (Å²) in [6.45, 7) is 0. The van der Waals surface area contributed by atoms with Crippen molar-refractivity contribution >= 4 is 27.2 Å². The zero-order chi connectivity index (χ0) is 14.0. The number of nitrogens with one attached hydrogen (secondary N) is 2. The first-order valence-corrected chi connectivity index (χ1v) is 7.17. The molecule has 100 valence electrons. The van der Waals surface area contributed by atoms with E-state index in [-0.39, 0.29) is 4.90 Å². The number of carbonyl (C=O) groups excluding carboxylic acids is 1. The Bertz CT molecular complexity index is 704. The van der Waals surface area contributed by atoms with Crippen LogP contribution in [0.15, 0.2) is 35.4 Å². The minimum atomic E-state index is -3.27. The van der Waals surface area contributed by atoms with Gasteiger partial charge in [0.2, 0.25) is 0 Å². The summed E-state index contributed by atoms with van der Waals surface area (Å²) in [4.78, 5) is 12.0. The second-order valence-electron chi connectivity index (χ2n) is 3.95. The van der Waals surface area contributed by atoms with Crippen LogP contribution >= 0.6 is 0 Å². The molecule has 0 bridgehead atoms. The van der Waals surface area contributed by atoms with Gasteiger partial charge in [0.1, 0.15) is 0 Å². The zero-order valence-electron chi connectivity index (χ0n) is 10.0. The molecule has 0 unspecified atom stereocenters. The third kappa shape index (κ3) is 2.91. The van der Waals surface area contributed by atoms with E-state index in [0.29, 0.717) is 17.1 Å². The van der Waals surface area contributed by atoms with E-state index in [0.717, 1.165) is 6.26 Å². The summed E-state index contributed by atoms with van der Waals surface area (Å²) in [5.74, 6) is -0.104. The van der Waals surface area contributed by atoms with Crippen LogP contribution in [0.1, 0.15) is 10.4 Å². The highest BCUT2D eigenvalue weighted by atomic mass is 32.2. The lowest BCUT2D eigenvalue weighted by Crippen LogP contribution is -2.13. The molecule has 19 heavy (non-hydrogen) atoms. The molecule has 2 aromatic rings. The molecule has 2 rings (SSSR count). The monoisotopic (exact) mass is 280 g/mol. The number of aromatic amines is 1. The summed E-state index contributed by atoms with van der Waals surface area (Å²) in [6.07, 6.45) is 2.48. The average Bonchev–Trinajstić information content (AvgIpc) is 2.74. The van der Waals surface area contributed by atoms with Gasteiger partial charge in [0.25, 0.3) is 5.91 Å². The molecular formula is C11H12N4O3S. The highest BCUT2D eigenvalue weighted by molar-refractivity contribution is 7.90. The van der Waals surface area contributed by atoms with Gasteiger partial charge in [0.15, 0.2) is 15.7 Å². The van der Waals surface area contributed by atoms with E-state index in [1.54, 1.807) is 0 Å². The number of nitrogens with zero attached hydrogens (tertiary/aromatic N) is 1. The van der Waals surface area contributed by atoms with Gasteiger partial charge in [-0.2, -0.15) is 5.10 Å². The highest BCUT2D eigenvalue weighted by Gasteiger charge is 2.11. The van der Waals surface area contributed by atoms with Crippen molar-refractivity contribution in [1.29, 1.82) is 0 Å². The third-order valence-corrected chi connectivity index (χ3v) is 3.58. The van der Waals surface area contributed by atoms with E-state index in [9.17, 15) is 13.2 Å². The molecule has 0 radical (unpaired) electrons. The number of hydrogen-bond acceptors (Lipinski definition) is 5. The molecule has 0 aliphatic rings. The minimum absolute atomic E-state index is 0.158. The molecule has 0 fully saturated rings. The van der Waals surface area contributed by atoms with Gasteiger partial charge in [-0.1, -0.05) is 0 Å². The standard InChI is InChI=1S/C11H12N4O3S/c1-19(17,18)8-4-2-7(3-5-8)11(16)14-10-9(12)6-13-15-10/h2-6H,12H2,1H3,(H2,13,14,15,16). The number of rotatable bonds is 3. The van der Waals surface area contributed by atoms with Crippen LogP contribution in [-0.4, -0.2) is 30.8 Å². The number of nitrogens with two attached hydrogens (primary N) is 1. The van der Waals surface area contributed by atoms with Gasteiger partial charge in [0, 0.05) is 11.8 Å². The molecule has 7 nitrogen and oxygen atoms in total. The quantitative estimate of drug-likeness (QED) is 0.762. The fourth-order valence-electron chi connectivity index (χ4n) is 1.43. The van der Waals surface area contributed by atoms with Crippen LogP contribution in [0.25, 0.3) is 0 Å². The Kier molecular flexibility index (Phi) is 3.26. The summed E-state index contributed by atoms with van der Waals surface area (Å²) in [6, 6.07) is 5.61. The fraction of sp³-hybridized carbons (Fsp3) is 0.0909. The van der Waals surface area contributed by atoms with Gasteiger partial charge >= 0.3 is 0 Å². The van der Waals surface area contributed by atoms with Crippen molar-refractivity contribution < 1.29 is 13.2 Å². The molecule has 4 N–H and O–H groups in total. The van der Waals surface area contributed by atoms with Crippen molar-refractivity contribution in [3.63, 3.8) is 0 Å². The van der Waals surface area contributed by atoms with E-state index in [2.05, 4.69) is 15.5 Å². The number of H-pyrrole nitrogens is 1. The van der Waals surface area contributed by atoms with Gasteiger partial charge in [-0.05, 0) is 24.3 Å². The third-order valence-electron chi connectivity index (χ3n) is 2.45. The zero-order valence-corrected chi connectivity index (χ0v) is 10.9. The van der Waals surface area contributed by atoms with Crippen molar-refractivity contribution in [2.45, 2.75) is 4.90 Å². The van der Waals surface area contributed by atoms with E-state index in [1.807, 2.05) is 0 Å². The Hall–Kier alpha value is -2.35. The van der Waals surface area contributed by atoms with Gasteiger partial charge in [-0.25, -0.2) is 8.42 Å². The Morgan fingerprint density at radius 2 is 1.95 bits per heavy atom. The summed E-state index contributed by atoms with van der Waals surface area (Å²) in [5.41, 5.74) is 6.20. The van der Waals surface area contributed by atoms with Crippen LogP contribution < -0.4 is 11.1 Å². The van der Waals surface area contributed by atoms with Gasteiger partial charge in [-0.15, -0.1) is 0 Å². The molecule has 1 aromatic heterocycles. The number of anilines is 2. The molecule has 1 amide bonds. The van der Waals surface area contributed by atoms with Crippen LogP contribution in [-0.2, 0) is 9.84 Å². The van der Waals surface area contributed by atoms with E-state index in [1.165, 1.54) is 30.5 Å². The Labute approximate surface area is 109 Å². The van der Waals surface area contributed by atoms with E-state index >= 15 is 0 Å². The molecule has 0 aliphatic carbocycles. The number of sulfone groups is 1. The maximum absolute atomic E-state index is 11.9. The van der Waals surface area contributed by atoms with Crippen LogP contribution in [0.3, 0.4) is 0 Å². The lowest BCUT2D eigenvalue weighted by Gasteiger charge is -2.04. The van der Waals surface area contributed by atoms with Crippen molar-refractivity contribution in [3.8, 4) is 0 Å². The van der Waals surface area contributed by atoms with Crippen LogP contribution in [0.2, 0.25) is 0 Å². The van der Waals surface area contributed by atoms with Crippen molar-refractivity contribution in [2.75, 3.05) is 17.3 Å². The molecule has 0 saturated carbocycles. The first-order valence-electron chi connectivity index (χ1n) is 5.28. The van der Waals surface area contributed by atoms with Gasteiger partial charge < -0.3 is 11.1 Å². The molecule has 1 heterocycles. The number of aromatic nitrogens is 2.